The number of fused-ring (bicyclic) bond motifs is 2. The number of carbonyl (C=O) groups excluding carboxylic acids is 1. The zero-order valence-corrected chi connectivity index (χ0v) is 22.9. The Balaban J connectivity index is 1.09. The summed E-state index contributed by atoms with van der Waals surface area (Å²) in [5.74, 6) is 0.516. The molecule has 1 fully saturated rings. The second-order valence-electron chi connectivity index (χ2n) is 9.25. The third-order valence-electron chi connectivity index (χ3n) is 6.58. The monoisotopic (exact) mass is 594 g/mol. The van der Waals surface area contributed by atoms with Crippen LogP contribution in [0.2, 0.25) is 0 Å². The number of aliphatic hydroxyl groups excluding tert-OH is 1. The van der Waals surface area contributed by atoms with Gasteiger partial charge in [-0.25, -0.2) is 29.9 Å². The van der Waals surface area contributed by atoms with Crippen molar-refractivity contribution in [2.75, 3.05) is 30.7 Å². The molecule has 0 bridgehead atoms. The normalized spacial score (nSPS) is 19.6. The number of nitrogens with one attached hydrogen (secondary N) is 3. The maximum absolute atomic E-state index is 12.5. The van der Waals surface area contributed by atoms with Crippen LogP contribution in [-0.4, -0.2) is 91.6 Å². The van der Waals surface area contributed by atoms with Gasteiger partial charge in [-0.05, 0) is 6.08 Å². The van der Waals surface area contributed by atoms with E-state index in [1.807, 2.05) is 0 Å². The molecule has 42 heavy (non-hydrogen) atoms. The number of aromatic amines is 1. The van der Waals surface area contributed by atoms with Gasteiger partial charge in [-0.15, -0.1) is 0 Å². The first kappa shape index (κ1) is 27.6. The standard InChI is InChI=1S/C24H27N12O5P/c25-21-19-14(1-2-17(38)27-3-4-28-22-20-23(31-10-29-20)33-12-32-22)8-36(24(19)34-11-30-21)18-7-15(37)16(41-18)9-40-42(39)35-6-5-26-13-35/h1-2,5-6,8,10-13,15-16,18,37,39H,3-4,7,9H2,(H,27,38)(H2,25,30,34)(H2,28,29,31,32,33)/b2-1+/t15-,16?,18-,42?/m1/s1. The van der Waals surface area contributed by atoms with Crippen molar-refractivity contribution in [3.05, 3.63) is 55.5 Å². The molecule has 18 heteroatoms. The zero-order valence-electron chi connectivity index (χ0n) is 22.0. The fourth-order valence-electron chi connectivity index (χ4n) is 4.57. The number of amides is 1. The summed E-state index contributed by atoms with van der Waals surface area (Å²) < 4.78 is 14.8. The Kier molecular flexibility index (Phi) is 7.98. The number of hydrogen-bond donors (Lipinski definition) is 6. The van der Waals surface area contributed by atoms with Gasteiger partial charge in [0.15, 0.2) is 11.5 Å². The maximum atomic E-state index is 12.5. The van der Waals surface area contributed by atoms with E-state index >= 15 is 0 Å². The third kappa shape index (κ3) is 5.77. The van der Waals surface area contributed by atoms with E-state index in [0.29, 0.717) is 46.7 Å². The average Bonchev–Trinajstić information content (AvgIpc) is 3.80. The van der Waals surface area contributed by atoms with Gasteiger partial charge in [-0.2, -0.15) is 0 Å². The molecule has 17 nitrogen and oxygen atoms in total. The van der Waals surface area contributed by atoms with Crippen LogP contribution >= 0.6 is 8.53 Å². The number of imidazole rings is 2. The minimum atomic E-state index is -1.95. The first-order chi connectivity index (χ1) is 20.5. The van der Waals surface area contributed by atoms with Crippen LogP contribution < -0.4 is 16.4 Å². The first-order valence-corrected chi connectivity index (χ1v) is 14.0. The highest BCUT2D eigenvalue weighted by atomic mass is 31.2. The second kappa shape index (κ2) is 12.1. The average molecular weight is 595 g/mol. The van der Waals surface area contributed by atoms with Gasteiger partial charge < -0.3 is 45.2 Å². The molecule has 1 saturated heterocycles. The van der Waals surface area contributed by atoms with E-state index in [0.717, 1.165) is 0 Å². The van der Waals surface area contributed by atoms with Crippen molar-refractivity contribution in [3.63, 3.8) is 0 Å². The Morgan fingerprint density at radius 3 is 3.00 bits per heavy atom. The fourth-order valence-corrected chi connectivity index (χ4v) is 5.30. The van der Waals surface area contributed by atoms with Gasteiger partial charge in [0, 0.05) is 49.7 Å². The number of anilines is 2. The lowest BCUT2D eigenvalue weighted by Gasteiger charge is -2.18. The lowest BCUT2D eigenvalue weighted by atomic mass is 10.2. The first-order valence-electron chi connectivity index (χ1n) is 12.9. The molecule has 6 rings (SSSR count). The van der Waals surface area contributed by atoms with Gasteiger partial charge in [0.2, 0.25) is 5.91 Å². The van der Waals surface area contributed by atoms with Crippen LogP contribution in [0.3, 0.4) is 0 Å². The molecule has 1 amide bonds. The number of aromatic nitrogens is 9. The van der Waals surface area contributed by atoms with Gasteiger partial charge in [0.05, 0.1) is 24.4 Å². The van der Waals surface area contributed by atoms with E-state index in [9.17, 15) is 14.8 Å². The molecule has 4 atom stereocenters. The Morgan fingerprint density at radius 2 is 2.14 bits per heavy atom. The van der Waals surface area contributed by atoms with Crippen molar-refractivity contribution in [3.8, 4) is 0 Å². The molecule has 0 aliphatic carbocycles. The number of nitrogen functional groups attached to an aromatic ring is 1. The minimum absolute atomic E-state index is 0.0276. The lowest BCUT2D eigenvalue weighted by Crippen LogP contribution is -2.27. The van der Waals surface area contributed by atoms with E-state index in [2.05, 4.69) is 45.5 Å². The topological polar surface area (TPSA) is 229 Å². The summed E-state index contributed by atoms with van der Waals surface area (Å²) in [7, 11) is -1.95. The zero-order chi connectivity index (χ0) is 29.1. The van der Waals surface area contributed by atoms with Crippen LogP contribution in [-0.2, 0) is 14.1 Å². The molecular formula is C24H27N12O5P. The fraction of sp³-hybridized carbons (Fsp3) is 0.292. The van der Waals surface area contributed by atoms with Gasteiger partial charge in [0.1, 0.15) is 48.3 Å². The smallest absolute Gasteiger partial charge is 0.292 e. The van der Waals surface area contributed by atoms with Gasteiger partial charge in [-0.1, -0.05) is 0 Å². The number of hydrogen-bond acceptors (Lipinski definition) is 13. The molecular weight excluding hydrogens is 567 g/mol. The predicted octanol–water partition coefficient (Wildman–Crippen LogP) is 0.550. The molecule has 5 aromatic heterocycles. The molecule has 1 aliphatic rings. The number of rotatable bonds is 11. The Morgan fingerprint density at radius 1 is 1.26 bits per heavy atom. The summed E-state index contributed by atoms with van der Waals surface area (Å²) in [6.45, 7) is 0.738. The summed E-state index contributed by atoms with van der Waals surface area (Å²) in [6.07, 6.45) is 11.8. The summed E-state index contributed by atoms with van der Waals surface area (Å²) in [5.41, 5.74) is 8.51. The molecule has 0 spiro atoms. The SMILES string of the molecule is Nc1ncnc2c1c(/C=C/C(=O)NCCNc1ncnc3nc[nH]c13)cn2[C@H]1C[C@@H](O)C(COP(O)n2ccnc2)O1. The largest absolute Gasteiger partial charge is 0.390 e. The van der Waals surface area contributed by atoms with Gasteiger partial charge >= 0.3 is 0 Å². The van der Waals surface area contributed by atoms with Crippen LogP contribution in [0.15, 0.2) is 50.0 Å². The minimum Gasteiger partial charge on any atom is -0.390 e. The van der Waals surface area contributed by atoms with Crippen molar-refractivity contribution >= 4 is 54.3 Å². The molecule has 2 unspecified atom stereocenters. The summed E-state index contributed by atoms with van der Waals surface area (Å²) in [6, 6.07) is 0. The van der Waals surface area contributed by atoms with Crippen LogP contribution in [0.25, 0.3) is 28.3 Å². The number of H-pyrrole nitrogens is 1. The highest BCUT2D eigenvalue weighted by molar-refractivity contribution is 7.44. The summed E-state index contributed by atoms with van der Waals surface area (Å²) in [4.78, 5) is 50.4. The maximum Gasteiger partial charge on any atom is 0.292 e. The molecule has 7 N–H and O–H groups in total. The highest BCUT2D eigenvalue weighted by Crippen LogP contribution is 2.38. The lowest BCUT2D eigenvalue weighted by molar-refractivity contribution is -0.116. The molecule has 0 aromatic carbocycles. The molecule has 1 aliphatic heterocycles. The number of nitrogens with zero attached hydrogens (tertiary/aromatic N) is 8. The quantitative estimate of drug-likeness (QED) is 0.0698. The Labute approximate surface area is 238 Å². The number of nitrogens with two attached hydrogens (primary N) is 1. The van der Waals surface area contributed by atoms with Crippen LogP contribution in [0.5, 0.6) is 0 Å². The second-order valence-corrected chi connectivity index (χ2v) is 10.5. The highest BCUT2D eigenvalue weighted by Gasteiger charge is 2.37. The van der Waals surface area contributed by atoms with Crippen molar-refractivity contribution in [2.24, 2.45) is 0 Å². The Bertz CT molecular complexity index is 1710. The predicted molar refractivity (Wildman–Crippen MR) is 151 cm³/mol. The third-order valence-corrected chi connectivity index (χ3v) is 7.59. The molecule has 218 valence electrons. The van der Waals surface area contributed by atoms with Gasteiger partial charge in [0.25, 0.3) is 8.53 Å². The Hall–Kier alpha value is -4.54. The van der Waals surface area contributed by atoms with Crippen LogP contribution in [0.4, 0.5) is 11.6 Å². The number of aliphatic hydroxyl groups is 1. The van der Waals surface area contributed by atoms with E-state index in [1.165, 1.54) is 41.9 Å². The molecule has 0 saturated carbocycles. The van der Waals surface area contributed by atoms with E-state index in [1.54, 1.807) is 23.0 Å². The van der Waals surface area contributed by atoms with E-state index in [4.69, 9.17) is 15.0 Å². The molecule has 0 radical (unpaired) electrons. The van der Waals surface area contributed by atoms with Crippen molar-refractivity contribution in [1.29, 1.82) is 0 Å². The van der Waals surface area contributed by atoms with Gasteiger partial charge in [-0.3, -0.25) is 9.13 Å². The van der Waals surface area contributed by atoms with Crippen LogP contribution in [0, 0.1) is 0 Å². The summed E-state index contributed by atoms with van der Waals surface area (Å²) in [5, 5.41) is 17.1. The van der Waals surface area contributed by atoms with Crippen molar-refractivity contribution in [1.82, 2.24) is 49.1 Å². The molecule has 6 heterocycles. The summed E-state index contributed by atoms with van der Waals surface area (Å²) >= 11 is 0. The molecule has 5 aromatic rings. The van der Waals surface area contributed by atoms with E-state index < -0.39 is 27.0 Å². The number of carbonyl (C=O) groups is 1. The van der Waals surface area contributed by atoms with Crippen LogP contribution in [0.1, 0.15) is 18.2 Å². The van der Waals surface area contributed by atoms with Crippen molar-refractivity contribution < 1.29 is 24.1 Å². The van der Waals surface area contributed by atoms with E-state index in [-0.39, 0.29) is 24.8 Å². The number of ether oxygens (including phenoxy) is 1. The van der Waals surface area contributed by atoms with Crippen molar-refractivity contribution in [2.45, 2.75) is 24.9 Å².